The summed E-state index contributed by atoms with van der Waals surface area (Å²) >= 11 is 1.39. The lowest BCUT2D eigenvalue weighted by molar-refractivity contribution is -0.233. The van der Waals surface area contributed by atoms with Crippen LogP contribution in [0.25, 0.3) is 0 Å². The van der Waals surface area contributed by atoms with E-state index in [4.69, 9.17) is 18.9 Å². The molecule has 36 heavy (non-hydrogen) atoms. The lowest BCUT2D eigenvalue weighted by Crippen LogP contribution is -2.60. The van der Waals surface area contributed by atoms with Crippen LogP contribution in [-0.4, -0.2) is 65.0 Å². The lowest BCUT2D eigenvalue weighted by atomic mass is 9.99. The summed E-state index contributed by atoms with van der Waals surface area (Å²) in [6, 6.07) is 17.9. The summed E-state index contributed by atoms with van der Waals surface area (Å²) < 4.78 is 23.3. The first-order chi connectivity index (χ1) is 17.4. The molecular weight excluding hydrogens is 484 g/mol. The van der Waals surface area contributed by atoms with E-state index in [2.05, 4.69) is 0 Å². The minimum atomic E-state index is -1.24. The molecule has 9 heteroatoms. The monoisotopic (exact) mass is 516 g/mol. The van der Waals surface area contributed by atoms with Crippen LogP contribution >= 0.6 is 11.8 Å². The Morgan fingerprint density at radius 3 is 2.28 bits per heavy atom. The highest BCUT2D eigenvalue weighted by atomic mass is 32.2. The smallest absolute Gasteiger partial charge is 0.338 e. The molecule has 0 saturated carbocycles. The van der Waals surface area contributed by atoms with Crippen LogP contribution in [-0.2, 0) is 35.1 Å². The summed E-state index contributed by atoms with van der Waals surface area (Å²) in [7, 11) is 0. The molecule has 1 aliphatic rings. The number of hydrogen-bond acceptors (Lipinski definition) is 9. The molecule has 1 fully saturated rings. The number of aliphatic hydroxyl groups excluding tert-OH is 1. The number of thioether (sulfide) groups is 1. The number of carbonyl (C=O) groups excluding carboxylic acids is 3. The fraction of sp³-hybridized carbons (Fsp3) is 0.444. The first-order valence-corrected chi connectivity index (χ1v) is 13.0. The van der Waals surface area contributed by atoms with Crippen molar-refractivity contribution < 1.29 is 38.4 Å². The van der Waals surface area contributed by atoms with E-state index in [1.807, 2.05) is 37.3 Å². The van der Waals surface area contributed by atoms with E-state index >= 15 is 0 Å². The summed E-state index contributed by atoms with van der Waals surface area (Å²) in [5, 5.41) is 11.2. The van der Waals surface area contributed by atoms with E-state index in [9.17, 15) is 19.5 Å². The number of benzene rings is 2. The quantitative estimate of drug-likeness (QED) is 0.424. The van der Waals surface area contributed by atoms with Crippen LogP contribution < -0.4 is 0 Å². The highest BCUT2D eigenvalue weighted by Crippen LogP contribution is 2.33. The van der Waals surface area contributed by atoms with Crippen LogP contribution in [0.4, 0.5) is 0 Å². The number of Topliss-reactive ketones (excluding diaryl/α,β-unsaturated/α-hetero) is 1. The standard InChI is InChI=1S/C27H32O8S/c1-3-36-27-25(35-22(29)15-14-18(2)28)24(32-16-19-10-6-4-7-11-19)23(30)21(34-27)17-33-26(31)20-12-8-5-9-13-20/h4-13,21,23-25,27,30H,3,14-17H2,1-2H3/t21-,23+,24+,25-,27+/m1/s1. The minimum absolute atomic E-state index is 0.0636. The van der Waals surface area contributed by atoms with Crippen molar-refractivity contribution in [3.8, 4) is 0 Å². The highest BCUT2D eigenvalue weighted by molar-refractivity contribution is 7.99. The molecule has 2 aromatic carbocycles. The maximum absolute atomic E-state index is 12.5. The molecule has 8 nitrogen and oxygen atoms in total. The van der Waals surface area contributed by atoms with Crippen molar-refractivity contribution in [2.45, 2.75) is 63.1 Å². The normalized spacial score (nSPS) is 23.6. The molecule has 0 aliphatic carbocycles. The number of ketones is 1. The predicted molar refractivity (Wildman–Crippen MR) is 134 cm³/mol. The molecule has 0 unspecified atom stereocenters. The Kier molecular flexibility index (Phi) is 10.9. The van der Waals surface area contributed by atoms with Gasteiger partial charge in [0.25, 0.3) is 0 Å². The van der Waals surface area contributed by atoms with E-state index in [0.717, 1.165) is 5.56 Å². The van der Waals surface area contributed by atoms with E-state index in [1.54, 1.807) is 30.3 Å². The Morgan fingerprint density at radius 1 is 0.972 bits per heavy atom. The number of rotatable bonds is 12. The molecule has 1 heterocycles. The van der Waals surface area contributed by atoms with Crippen molar-refractivity contribution >= 4 is 29.5 Å². The summed E-state index contributed by atoms with van der Waals surface area (Å²) in [5.74, 6) is -0.589. The van der Waals surface area contributed by atoms with Gasteiger partial charge in [0, 0.05) is 6.42 Å². The molecule has 1 aliphatic heterocycles. The third-order valence-electron chi connectivity index (χ3n) is 5.57. The molecule has 0 amide bonds. The van der Waals surface area contributed by atoms with Crippen molar-refractivity contribution in [2.24, 2.45) is 0 Å². The molecular formula is C27H32O8S. The van der Waals surface area contributed by atoms with Crippen molar-refractivity contribution in [2.75, 3.05) is 12.4 Å². The zero-order chi connectivity index (χ0) is 25.9. The van der Waals surface area contributed by atoms with Crippen molar-refractivity contribution in [3.05, 3.63) is 71.8 Å². The molecule has 5 atom stereocenters. The predicted octanol–water partition coefficient (Wildman–Crippen LogP) is 3.55. The number of carbonyl (C=O) groups is 3. The average molecular weight is 517 g/mol. The Morgan fingerprint density at radius 2 is 1.64 bits per heavy atom. The SMILES string of the molecule is CCS[C@@H]1O[C@H](COC(=O)c2ccccc2)[C@H](O)[C@H](OCc2ccccc2)[C@H]1OC(=O)CCC(C)=O. The molecule has 1 N–H and O–H groups in total. The summed E-state index contributed by atoms with van der Waals surface area (Å²) in [6.07, 6.45) is -4.01. The largest absolute Gasteiger partial charge is 0.459 e. The third-order valence-corrected chi connectivity index (χ3v) is 6.61. The van der Waals surface area contributed by atoms with Gasteiger partial charge in [-0.25, -0.2) is 4.79 Å². The van der Waals surface area contributed by atoms with Gasteiger partial charge in [0.15, 0.2) is 6.10 Å². The molecule has 0 bridgehead atoms. The third kappa shape index (κ3) is 8.16. The van der Waals surface area contributed by atoms with E-state index in [0.29, 0.717) is 11.3 Å². The molecule has 0 spiro atoms. The Labute approximate surface area is 215 Å². The zero-order valence-electron chi connectivity index (χ0n) is 20.4. The second-order valence-electron chi connectivity index (χ2n) is 8.37. The fourth-order valence-electron chi connectivity index (χ4n) is 3.71. The van der Waals surface area contributed by atoms with Crippen LogP contribution in [0.3, 0.4) is 0 Å². The maximum Gasteiger partial charge on any atom is 0.338 e. The second kappa shape index (κ2) is 14.1. The van der Waals surface area contributed by atoms with Crippen molar-refractivity contribution in [1.29, 1.82) is 0 Å². The van der Waals surface area contributed by atoms with Gasteiger partial charge in [-0.15, -0.1) is 11.8 Å². The number of aliphatic hydroxyl groups is 1. The van der Waals surface area contributed by atoms with Gasteiger partial charge in [0.2, 0.25) is 0 Å². The second-order valence-corrected chi connectivity index (χ2v) is 9.75. The fourth-order valence-corrected chi connectivity index (χ4v) is 4.66. The van der Waals surface area contributed by atoms with Gasteiger partial charge in [-0.05, 0) is 30.4 Å². The summed E-state index contributed by atoms with van der Waals surface area (Å²) in [6.45, 7) is 3.30. The average Bonchev–Trinajstić information content (AvgIpc) is 2.89. The molecule has 194 valence electrons. The van der Waals surface area contributed by atoms with Crippen LogP contribution in [0.5, 0.6) is 0 Å². The highest BCUT2D eigenvalue weighted by Gasteiger charge is 2.48. The van der Waals surface area contributed by atoms with Gasteiger partial charge in [-0.3, -0.25) is 4.79 Å². The minimum Gasteiger partial charge on any atom is -0.459 e. The zero-order valence-corrected chi connectivity index (χ0v) is 21.2. The van der Waals surface area contributed by atoms with Gasteiger partial charge in [-0.1, -0.05) is 55.5 Å². The van der Waals surface area contributed by atoms with Gasteiger partial charge in [0.1, 0.15) is 36.1 Å². The van der Waals surface area contributed by atoms with Gasteiger partial charge in [0.05, 0.1) is 18.6 Å². The number of esters is 2. The van der Waals surface area contributed by atoms with E-state index in [-0.39, 0.29) is 31.8 Å². The van der Waals surface area contributed by atoms with Gasteiger partial charge in [-0.2, -0.15) is 0 Å². The van der Waals surface area contributed by atoms with Crippen LogP contribution in [0.15, 0.2) is 60.7 Å². The van der Waals surface area contributed by atoms with Crippen LogP contribution in [0.1, 0.15) is 42.6 Å². The van der Waals surface area contributed by atoms with E-state index in [1.165, 1.54) is 18.7 Å². The van der Waals surface area contributed by atoms with Crippen LogP contribution in [0, 0.1) is 0 Å². The van der Waals surface area contributed by atoms with Crippen molar-refractivity contribution in [1.82, 2.24) is 0 Å². The lowest BCUT2D eigenvalue weighted by Gasteiger charge is -2.43. The molecule has 1 saturated heterocycles. The summed E-state index contributed by atoms with van der Waals surface area (Å²) in [5.41, 5.74) is 0.599. The molecule has 2 aromatic rings. The van der Waals surface area contributed by atoms with Crippen LogP contribution in [0.2, 0.25) is 0 Å². The molecule has 3 rings (SSSR count). The maximum atomic E-state index is 12.5. The Bertz CT molecular complexity index is 984. The molecule has 0 aromatic heterocycles. The topological polar surface area (TPSA) is 108 Å². The first-order valence-electron chi connectivity index (χ1n) is 11.9. The van der Waals surface area contributed by atoms with Crippen molar-refractivity contribution in [3.63, 3.8) is 0 Å². The number of hydrogen-bond donors (Lipinski definition) is 1. The van der Waals surface area contributed by atoms with Gasteiger partial charge >= 0.3 is 11.9 Å². The molecule has 0 radical (unpaired) electrons. The Balaban J connectivity index is 1.76. The first kappa shape index (κ1) is 27.9. The summed E-state index contributed by atoms with van der Waals surface area (Å²) in [4.78, 5) is 36.2. The van der Waals surface area contributed by atoms with E-state index < -0.39 is 41.8 Å². The van der Waals surface area contributed by atoms with Gasteiger partial charge < -0.3 is 28.8 Å². The number of ether oxygens (including phenoxy) is 4. The Hall–Kier alpha value is -2.72.